The molecular weight excluding hydrogens is 330 g/mol. The molecule has 1 N–H and O–H groups in total. The van der Waals surface area contributed by atoms with E-state index in [1.807, 2.05) is 10.7 Å². The first-order valence-corrected chi connectivity index (χ1v) is 9.48. The summed E-state index contributed by atoms with van der Waals surface area (Å²) in [4.78, 5) is 16.0. The minimum Gasteiger partial charge on any atom is -0.345 e. The van der Waals surface area contributed by atoms with Gasteiger partial charge in [-0.05, 0) is 24.6 Å². The molecule has 1 aliphatic heterocycles. The predicted molar refractivity (Wildman–Crippen MR) is 87.5 cm³/mol. The largest absolute Gasteiger partial charge is 0.345 e. The molecule has 8 nitrogen and oxygen atoms in total. The van der Waals surface area contributed by atoms with Gasteiger partial charge < -0.3 is 5.32 Å². The average Bonchev–Trinajstić information content (AvgIpc) is 2.82. The van der Waals surface area contributed by atoms with Crippen molar-refractivity contribution in [2.24, 2.45) is 0 Å². The minimum atomic E-state index is -3.23. The summed E-state index contributed by atoms with van der Waals surface area (Å²) in [7, 11) is -3.23. The van der Waals surface area contributed by atoms with Crippen molar-refractivity contribution in [3.8, 4) is 0 Å². The fourth-order valence-electron chi connectivity index (χ4n) is 2.62. The maximum absolute atomic E-state index is 12.0. The number of carbonyl (C=O) groups excluding carboxylic acids is 1. The Morgan fingerprint density at radius 3 is 2.88 bits per heavy atom. The van der Waals surface area contributed by atoms with E-state index in [1.54, 1.807) is 24.4 Å². The van der Waals surface area contributed by atoms with Gasteiger partial charge >= 0.3 is 0 Å². The normalized spacial score (nSPS) is 15.5. The SMILES string of the molecule is CS(=O)(=O)N1CCCn2nc(CNC(=O)c3ccccn3)cc2C1. The molecule has 3 heterocycles. The van der Waals surface area contributed by atoms with Crippen LogP contribution in [-0.4, -0.2) is 46.2 Å². The molecule has 0 saturated carbocycles. The molecule has 128 valence electrons. The smallest absolute Gasteiger partial charge is 0.270 e. The van der Waals surface area contributed by atoms with Crippen LogP contribution in [0.25, 0.3) is 0 Å². The first kappa shape index (κ1) is 16.6. The van der Waals surface area contributed by atoms with Gasteiger partial charge in [0.05, 0.1) is 30.7 Å². The molecule has 0 aromatic carbocycles. The number of fused-ring (bicyclic) bond motifs is 1. The van der Waals surface area contributed by atoms with Gasteiger partial charge in [-0.2, -0.15) is 9.40 Å². The zero-order valence-corrected chi connectivity index (χ0v) is 14.2. The Kier molecular flexibility index (Phi) is 4.63. The number of amides is 1. The Labute approximate surface area is 140 Å². The highest BCUT2D eigenvalue weighted by molar-refractivity contribution is 7.88. The Morgan fingerprint density at radius 2 is 2.17 bits per heavy atom. The van der Waals surface area contributed by atoms with Gasteiger partial charge in [0, 0.05) is 19.3 Å². The molecule has 0 saturated heterocycles. The van der Waals surface area contributed by atoms with E-state index < -0.39 is 10.0 Å². The summed E-state index contributed by atoms with van der Waals surface area (Å²) in [6, 6.07) is 6.97. The van der Waals surface area contributed by atoms with E-state index in [0.29, 0.717) is 37.4 Å². The number of hydrogen-bond donors (Lipinski definition) is 1. The molecule has 1 aliphatic rings. The number of sulfonamides is 1. The van der Waals surface area contributed by atoms with Crippen molar-refractivity contribution < 1.29 is 13.2 Å². The number of aryl methyl sites for hydroxylation is 1. The summed E-state index contributed by atoms with van der Waals surface area (Å²) in [5.74, 6) is -0.267. The molecule has 24 heavy (non-hydrogen) atoms. The van der Waals surface area contributed by atoms with Gasteiger partial charge in [0.15, 0.2) is 0 Å². The lowest BCUT2D eigenvalue weighted by atomic mass is 10.3. The fourth-order valence-corrected chi connectivity index (χ4v) is 3.45. The number of aromatic nitrogens is 3. The van der Waals surface area contributed by atoms with Crippen LogP contribution in [-0.2, 0) is 29.7 Å². The quantitative estimate of drug-likeness (QED) is 0.860. The van der Waals surface area contributed by atoms with Gasteiger partial charge in [0.25, 0.3) is 5.91 Å². The number of carbonyl (C=O) groups is 1. The standard InChI is InChI=1S/C15H19N5O3S/c1-24(22,23)19-7-4-8-20-13(11-19)9-12(18-20)10-17-15(21)14-5-2-3-6-16-14/h2-3,5-6,9H,4,7-8,10-11H2,1H3,(H,17,21). The molecule has 0 spiro atoms. The summed E-state index contributed by atoms with van der Waals surface area (Å²) in [6.07, 6.45) is 3.49. The fraction of sp³-hybridized carbons (Fsp3) is 0.400. The molecule has 1 amide bonds. The maximum atomic E-state index is 12.0. The molecule has 2 aromatic rings. The monoisotopic (exact) mass is 349 g/mol. The third kappa shape index (κ3) is 3.80. The van der Waals surface area contributed by atoms with Crippen LogP contribution in [0.3, 0.4) is 0 Å². The van der Waals surface area contributed by atoms with Gasteiger partial charge in [0.2, 0.25) is 10.0 Å². The lowest BCUT2D eigenvalue weighted by Crippen LogP contribution is -2.29. The third-order valence-electron chi connectivity index (χ3n) is 3.83. The van der Waals surface area contributed by atoms with Crippen molar-refractivity contribution in [3.63, 3.8) is 0 Å². The minimum absolute atomic E-state index is 0.267. The van der Waals surface area contributed by atoms with E-state index in [0.717, 1.165) is 5.69 Å². The van der Waals surface area contributed by atoms with Crippen LogP contribution in [0.1, 0.15) is 28.3 Å². The van der Waals surface area contributed by atoms with Crippen molar-refractivity contribution in [2.75, 3.05) is 12.8 Å². The van der Waals surface area contributed by atoms with Crippen LogP contribution in [0.2, 0.25) is 0 Å². The molecule has 0 aliphatic carbocycles. The van der Waals surface area contributed by atoms with Crippen LogP contribution in [0.5, 0.6) is 0 Å². The highest BCUT2D eigenvalue weighted by Crippen LogP contribution is 2.16. The van der Waals surface area contributed by atoms with Crippen molar-refractivity contribution >= 4 is 15.9 Å². The molecule has 3 rings (SSSR count). The number of rotatable bonds is 4. The number of nitrogens with one attached hydrogen (secondary N) is 1. The lowest BCUT2D eigenvalue weighted by molar-refractivity contribution is 0.0945. The summed E-state index contributed by atoms with van der Waals surface area (Å²) in [5, 5.41) is 7.23. The van der Waals surface area contributed by atoms with Gasteiger partial charge in [-0.3, -0.25) is 14.5 Å². The van der Waals surface area contributed by atoms with E-state index in [9.17, 15) is 13.2 Å². The molecule has 0 fully saturated rings. The van der Waals surface area contributed by atoms with E-state index in [1.165, 1.54) is 10.6 Å². The van der Waals surface area contributed by atoms with Crippen LogP contribution in [0.4, 0.5) is 0 Å². The molecule has 9 heteroatoms. The summed E-state index contributed by atoms with van der Waals surface area (Å²) >= 11 is 0. The topological polar surface area (TPSA) is 97.2 Å². The Hall–Kier alpha value is -2.26. The first-order valence-electron chi connectivity index (χ1n) is 7.63. The maximum Gasteiger partial charge on any atom is 0.270 e. The first-order chi connectivity index (χ1) is 11.4. The molecule has 2 aromatic heterocycles. The second-order valence-electron chi connectivity index (χ2n) is 5.70. The molecule has 0 atom stereocenters. The lowest BCUT2D eigenvalue weighted by Gasteiger charge is -2.16. The predicted octanol–water partition coefficient (Wildman–Crippen LogP) is 0.373. The Bertz CT molecular complexity index is 832. The number of hydrogen-bond acceptors (Lipinski definition) is 5. The van der Waals surface area contributed by atoms with E-state index in [-0.39, 0.29) is 12.5 Å². The van der Waals surface area contributed by atoms with Crippen LogP contribution >= 0.6 is 0 Å². The highest BCUT2D eigenvalue weighted by Gasteiger charge is 2.22. The van der Waals surface area contributed by atoms with E-state index >= 15 is 0 Å². The van der Waals surface area contributed by atoms with Gasteiger partial charge in [-0.15, -0.1) is 0 Å². The zero-order valence-electron chi connectivity index (χ0n) is 13.3. The van der Waals surface area contributed by atoms with Crippen LogP contribution in [0.15, 0.2) is 30.5 Å². The highest BCUT2D eigenvalue weighted by atomic mass is 32.2. The summed E-state index contributed by atoms with van der Waals surface area (Å²) in [5.41, 5.74) is 1.88. The average molecular weight is 349 g/mol. The van der Waals surface area contributed by atoms with Crippen molar-refractivity contribution in [1.82, 2.24) is 24.4 Å². The summed E-state index contributed by atoms with van der Waals surface area (Å²) < 4.78 is 26.8. The van der Waals surface area contributed by atoms with E-state index in [4.69, 9.17) is 0 Å². The Balaban J connectivity index is 1.68. The zero-order chi connectivity index (χ0) is 17.2. The van der Waals surface area contributed by atoms with Crippen LogP contribution < -0.4 is 5.32 Å². The third-order valence-corrected chi connectivity index (χ3v) is 5.08. The van der Waals surface area contributed by atoms with Crippen molar-refractivity contribution in [1.29, 1.82) is 0 Å². The van der Waals surface area contributed by atoms with Crippen molar-refractivity contribution in [3.05, 3.63) is 47.5 Å². The van der Waals surface area contributed by atoms with Gasteiger partial charge in [-0.25, -0.2) is 8.42 Å². The molecule has 0 radical (unpaired) electrons. The van der Waals surface area contributed by atoms with Crippen LogP contribution in [0, 0.1) is 0 Å². The van der Waals surface area contributed by atoms with E-state index in [2.05, 4.69) is 15.4 Å². The molecule has 0 unspecified atom stereocenters. The Morgan fingerprint density at radius 1 is 1.33 bits per heavy atom. The number of nitrogens with zero attached hydrogens (tertiary/aromatic N) is 4. The second-order valence-corrected chi connectivity index (χ2v) is 7.68. The second kappa shape index (κ2) is 6.70. The molecule has 0 bridgehead atoms. The van der Waals surface area contributed by atoms with Crippen molar-refractivity contribution in [2.45, 2.75) is 26.1 Å². The summed E-state index contributed by atoms with van der Waals surface area (Å²) in [6.45, 7) is 1.73. The molecular formula is C15H19N5O3S. The van der Waals surface area contributed by atoms with Gasteiger partial charge in [-0.1, -0.05) is 6.07 Å². The number of pyridine rings is 1. The van der Waals surface area contributed by atoms with Gasteiger partial charge in [0.1, 0.15) is 5.69 Å².